The van der Waals surface area contributed by atoms with Crippen molar-refractivity contribution in [2.75, 3.05) is 7.05 Å². The Morgan fingerprint density at radius 3 is 2.15 bits per heavy atom. The minimum absolute atomic E-state index is 0.0727. The normalized spacial score (nSPS) is 13.1. The van der Waals surface area contributed by atoms with E-state index < -0.39 is 10.0 Å². The first-order valence-electron chi connectivity index (χ1n) is 8.40. The first-order chi connectivity index (χ1) is 12.3. The largest absolute Gasteiger partial charge is 0.345 e. The minimum Gasteiger partial charge on any atom is -0.345 e. The summed E-state index contributed by atoms with van der Waals surface area (Å²) in [5.74, 6) is 0.0558. The number of nitrogens with one attached hydrogen (secondary N) is 2. The number of benzene rings is 2. The summed E-state index contributed by atoms with van der Waals surface area (Å²) in [6.45, 7) is 4.12. The van der Waals surface area contributed by atoms with Crippen LogP contribution in [-0.4, -0.2) is 21.4 Å². The highest BCUT2D eigenvalue weighted by Crippen LogP contribution is 2.21. The molecule has 2 aromatic rings. The molecule has 0 radical (unpaired) electrons. The van der Waals surface area contributed by atoms with Crippen LogP contribution >= 0.6 is 0 Å². The Labute approximate surface area is 155 Å². The highest BCUT2D eigenvalue weighted by molar-refractivity contribution is 7.89. The fourth-order valence-electron chi connectivity index (χ4n) is 2.54. The van der Waals surface area contributed by atoms with Crippen LogP contribution < -0.4 is 10.0 Å². The second-order valence-corrected chi connectivity index (χ2v) is 8.14. The summed E-state index contributed by atoms with van der Waals surface area (Å²) in [7, 11) is -2.09. The smallest absolute Gasteiger partial charge is 0.244 e. The van der Waals surface area contributed by atoms with Gasteiger partial charge in [-0.25, -0.2) is 13.1 Å². The minimum atomic E-state index is -3.46. The van der Waals surface area contributed by atoms with Crippen LogP contribution in [0, 0.1) is 5.92 Å². The molecule has 2 N–H and O–H groups in total. The van der Waals surface area contributed by atoms with Gasteiger partial charge in [0.15, 0.2) is 0 Å². The number of rotatable bonds is 7. The van der Waals surface area contributed by atoms with Crippen molar-refractivity contribution in [2.45, 2.75) is 24.8 Å². The van der Waals surface area contributed by atoms with Gasteiger partial charge < -0.3 is 5.32 Å². The van der Waals surface area contributed by atoms with Crippen LogP contribution in [0.25, 0.3) is 6.08 Å². The lowest BCUT2D eigenvalue weighted by Crippen LogP contribution is -2.30. The zero-order valence-corrected chi connectivity index (χ0v) is 16.0. The van der Waals surface area contributed by atoms with Gasteiger partial charge in [0.2, 0.25) is 15.9 Å². The average Bonchev–Trinajstić information content (AvgIpc) is 2.65. The highest BCUT2D eigenvalue weighted by atomic mass is 32.2. The molecule has 0 heterocycles. The topological polar surface area (TPSA) is 75.3 Å². The van der Waals surface area contributed by atoms with Crippen LogP contribution in [-0.2, 0) is 14.8 Å². The van der Waals surface area contributed by atoms with Crippen molar-refractivity contribution in [3.8, 4) is 0 Å². The molecule has 0 bridgehead atoms. The Bertz CT molecular complexity index is 858. The monoisotopic (exact) mass is 372 g/mol. The van der Waals surface area contributed by atoms with E-state index in [2.05, 4.69) is 23.9 Å². The van der Waals surface area contributed by atoms with Gasteiger partial charge in [-0.3, -0.25) is 4.79 Å². The number of hydrogen-bond donors (Lipinski definition) is 2. The Hall–Kier alpha value is -2.44. The maximum atomic E-state index is 12.3. The van der Waals surface area contributed by atoms with Crippen LogP contribution in [0.15, 0.2) is 65.6 Å². The number of sulfonamides is 1. The van der Waals surface area contributed by atoms with Gasteiger partial charge in [-0.15, -0.1) is 0 Å². The van der Waals surface area contributed by atoms with Crippen molar-refractivity contribution >= 4 is 22.0 Å². The maximum absolute atomic E-state index is 12.3. The summed E-state index contributed by atoms with van der Waals surface area (Å²) < 4.78 is 25.7. The predicted octanol–water partition coefficient (Wildman–Crippen LogP) is 3.12. The summed E-state index contributed by atoms with van der Waals surface area (Å²) in [6.07, 6.45) is 3.12. The van der Waals surface area contributed by atoms with Gasteiger partial charge in [-0.05, 0) is 42.3 Å². The molecule has 6 heteroatoms. The van der Waals surface area contributed by atoms with E-state index in [-0.39, 0.29) is 22.8 Å². The summed E-state index contributed by atoms with van der Waals surface area (Å²) in [5, 5.41) is 3.02. The van der Waals surface area contributed by atoms with Crippen molar-refractivity contribution in [1.29, 1.82) is 0 Å². The zero-order chi connectivity index (χ0) is 19.2. The maximum Gasteiger partial charge on any atom is 0.244 e. The van der Waals surface area contributed by atoms with E-state index >= 15 is 0 Å². The Balaban J connectivity index is 2.06. The molecule has 5 nitrogen and oxygen atoms in total. The van der Waals surface area contributed by atoms with E-state index in [1.165, 1.54) is 25.3 Å². The molecule has 0 aliphatic rings. The molecule has 0 aliphatic heterocycles. The zero-order valence-electron chi connectivity index (χ0n) is 15.1. The van der Waals surface area contributed by atoms with Crippen LogP contribution in [0.5, 0.6) is 0 Å². The molecule has 0 aromatic heterocycles. The van der Waals surface area contributed by atoms with Gasteiger partial charge in [0.05, 0.1) is 10.9 Å². The third kappa shape index (κ3) is 5.28. The highest BCUT2D eigenvalue weighted by Gasteiger charge is 2.16. The van der Waals surface area contributed by atoms with Gasteiger partial charge in [0.25, 0.3) is 0 Å². The Morgan fingerprint density at radius 2 is 1.62 bits per heavy atom. The molecule has 1 amide bonds. The number of hydrogen-bond acceptors (Lipinski definition) is 3. The van der Waals surface area contributed by atoms with Gasteiger partial charge in [-0.2, -0.15) is 0 Å². The lowest BCUT2D eigenvalue weighted by molar-refractivity contribution is -0.117. The SMILES string of the molecule is CNS(=O)(=O)c1ccc(/C=C/C(=O)NC(c2ccccc2)C(C)C)cc1. The average molecular weight is 372 g/mol. The van der Waals surface area contributed by atoms with Crippen molar-refractivity contribution in [2.24, 2.45) is 5.92 Å². The third-order valence-electron chi connectivity index (χ3n) is 4.01. The van der Waals surface area contributed by atoms with Crippen molar-refractivity contribution in [3.05, 3.63) is 71.8 Å². The van der Waals surface area contributed by atoms with Gasteiger partial charge >= 0.3 is 0 Å². The summed E-state index contributed by atoms with van der Waals surface area (Å²) >= 11 is 0. The lowest BCUT2D eigenvalue weighted by atomic mass is 9.96. The van der Waals surface area contributed by atoms with Crippen molar-refractivity contribution < 1.29 is 13.2 Å². The number of amides is 1. The molecule has 138 valence electrons. The molecule has 2 rings (SSSR count). The molecule has 0 spiro atoms. The quantitative estimate of drug-likeness (QED) is 0.733. The van der Waals surface area contributed by atoms with Crippen molar-refractivity contribution in [1.82, 2.24) is 10.0 Å². The number of carbonyl (C=O) groups excluding carboxylic acids is 1. The van der Waals surface area contributed by atoms with Gasteiger partial charge in [0, 0.05) is 6.08 Å². The standard InChI is InChI=1S/C20H24N2O3S/c1-15(2)20(17-7-5-4-6-8-17)22-19(23)14-11-16-9-12-18(13-10-16)26(24,25)21-3/h4-15,20-21H,1-3H3,(H,22,23)/b14-11+. The van der Waals surface area contributed by atoms with E-state index in [0.717, 1.165) is 11.1 Å². The molecule has 0 saturated heterocycles. The molecule has 1 atom stereocenters. The van der Waals surface area contributed by atoms with E-state index in [9.17, 15) is 13.2 Å². The Kier molecular flexibility index (Phi) is 6.71. The van der Waals surface area contributed by atoms with Crippen LogP contribution in [0.1, 0.15) is 31.0 Å². The second kappa shape index (κ2) is 8.78. The number of carbonyl (C=O) groups is 1. The molecule has 2 aromatic carbocycles. The van der Waals surface area contributed by atoms with Crippen LogP contribution in [0.2, 0.25) is 0 Å². The Morgan fingerprint density at radius 1 is 1.00 bits per heavy atom. The molecular formula is C20H24N2O3S. The molecule has 26 heavy (non-hydrogen) atoms. The van der Waals surface area contributed by atoms with E-state index in [4.69, 9.17) is 0 Å². The summed E-state index contributed by atoms with van der Waals surface area (Å²) in [6, 6.07) is 16.1. The van der Waals surface area contributed by atoms with Crippen LogP contribution in [0.4, 0.5) is 0 Å². The van der Waals surface area contributed by atoms with E-state index in [1.54, 1.807) is 18.2 Å². The first kappa shape index (κ1) is 19.9. The predicted molar refractivity (Wildman–Crippen MR) is 104 cm³/mol. The molecule has 0 fully saturated rings. The van der Waals surface area contributed by atoms with Crippen molar-refractivity contribution in [3.63, 3.8) is 0 Å². The summed E-state index contributed by atoms with van der Waals surface area (Å²) in [5.41, 5.74) is 1.81. The van der Waals surface area contributed by atoms with Gasteiger partial charge in [0.1, 0.15) is 0 Å². The van der Waals surface area contributed by atoms with Crippen LogP contribution in [0.3, 0.4) is 0 Å². The van der Waals surface area contributed by atoms with E-state index in [1.807, 2.05) is 30.3 Å². The molecular weight excluding hydrogens is 348 g/mol. The molecule has 0 aliphatic carbocycles. The first-order valence-corrected chi connectivity index (χ1v) is 9.89. The molecule has 1 unspecified atom stereocenters. The fraction of sp³-hybridized carbons (Fsp3) is 0.250. The second-order valence-electron chi connectivity index (χ2n) is 6.25. The lowest BCUT2D eigenvalue weighted by Gasteiger charge is -2.22. The van der Waals surface area contributed by atoms with Gasteiger partial charge in [-0.1, -0.05) is 56.3 Å². The van der Waals surface area contributed by atoms with E-state index in [0.29, 0.717) is 0 Å². The fourth-order valence-corrected chi connectivity index (χ4v) is 3.27. The summed E-state index contributed by atoms with van der Waals surface area (Å²) in [4.78, 5) is 12.5. The molecule has 0 saturated carbocycles. The third-order valence-corrected chi connectivity index (χ3v) is 5.44.